The van der Waals surface area contributed by atoms with Gasteiger partial charge in [-0.2, -0.15) is 0 Å². The molecule has 82 valence electrons. The first-order valence-corrected chi connectivity index (χ1v) is 4.91. The van der Waals surface area contributed by atoms with Gasteiger partial charge in [0.05, 0.1) is 12.6 Å². The maximum Gasteiger partial charge on any atom is 0.236 e. The molecular weight excluding hydrogens is 204 g/mol. The fraction of sp³-hybridized carbons (Fsp3) is 0.667. The van der Waals surface area contributed by atoms with E-state index in [2.05, 4.69) is 10.6 Å². The number of methoxy groups -OCH3 is 1. The third kappa shape index (κ3) is 6.88. The van der Waals surface area contributed by atoms with Crippen LogP contribution in [0.4, 0.5) is 0 Å². The maximum absolute atomic E-state index is 11.3. The molecule has 0 aliphatic heterocycles. The van der Waals surface area contributed by atoms with Gasteiger partial charge in [-0.05, 0) is 6.92 Å². The van der Waals surface area contributed by atoms with Crippen molar-refractivity contribution >= 4 is 17.5 Å². The van der Waals surface area contributed by atoms with E-state index in [-0.39, 0.29) is 11.9 Å². The second-order valence-corrected chi connectivity index (χ2v) is 3.03. The van der Waals surface area contributed by atoms with Gasteiger partial charge in [0.15, 0.2) is 0 Å². The maximum atomic E-state index is 11.3. The Kier molecular flexibility index (Phi) is 8.62. The summed E-state index contributed by atoms with van der Waals surface area (Å²) in [6.45, 7) is 3.44. The Morgan fingerprint density at radius 1 is 1.64 bits per heavy atom. The van der Waals surface area contributed by atoms with Crippen LogP contribution in [-0.2, 0) is 9.53 Å². The molecule has 4 nitrogen and oxygen atoms in total. The summed E-state index contributed by atoms with van der Waals surface area (Å²) in [5, 5.41) is 5.71. The normalized spacial score (nSPS) is 13.1. The molecule has 5 heteroatoms. The molecular formula is C9H17ClN2O2. The van der Waals surface area contributed by atoms with E-state index in [1.807, 2.05) is 0 Å². The van der Waals surface area contributed by atoms with E-state index in [1.54, 1.807) is 20.1 Å². The number of amides is 1. The molecule has 1 amide bonds. The van der Waals surface area contributed by atoms with Crippen molar-refractivity contribution < 1.29 is 9.53 Å². The molecule has 0 aromatic heterocycles. The third-order valence-corrected chi connectivity index (χ3v) is 1.81. The van der Waals surface area contributed by atoms with Crippen LogP contribution in [0.3, 0.4) is 0 Å². The highest BCUT2D eigenvalue weighted by Crippen LogP contribution is 1.83. The summed E-state index contributed by atoms with van der Waals surface area (Å²) >= 11 is 5.33. The van der Waals surface area contributed by atoms with E-state index < -0.39 is 0 Å². The van der Waals surface area contributed by atoms with Gasteiger partial charge in [0.1, 0.15) is 0 Å². The minimum absolute atomic E-state index is 0.0370. The molecule has 1 unspecified atom stereocenters. The van der Waals surface area contributed by atoms with E-state index in [0.717, 1.165) is 0 Å². The Morgan fingerprint density at radius 3 is 2.93 bits per heavy atom. The highest BCUT2D eigenvalue weighted by Gasteiger charge is 2.09. The molecule has 0 rings (SSSR count). The summed E-state index contributed by atoms with van der Waals surface area (Å²) in [6.07, 6.45) is 1.74. The van der Waals surface area contributed by atoms with Gasteiger partial charge >= 0.3 is 0 Å². The number of carbonyl (C=O) groups excluding carboxylic acids is 1. The van der Waals surface area contributed by atoms with Crippen LogP contribution in [0.2, 0.25) is 0 Å². The minimum atomic E-state index is -0.222. The lowest BCUT2D eigenvalue weighted by atomic mass is 10.3. The molecule has 0 aromatic rings. The number of hydrogen-bond donors (Lipinski definition) is 2. The first-order chi connectivity index (χ1) is 6.72. The highest BCUT2D eigenvalue weighted by molar-refractivity contribution is 6.25. The Morgan fingerprint density at radius 2 is 2.36 bits per heavy atom. The van der Waals surface area contributed by atoms with Gasteiger partial charge in [0.2, 0.25) is 5.91 Å². The van der Waals surface area contributed by atoms with Gasteiger partial charge in [0.25, 0.3) is 0 Å². The Hall–Kier alpha value is -0.580. The van der Waals surface area contributed by atoms with Crippen molar-refractivity contribution in [1.29, 1.82) is 0 Å². The van der Waals surface area contributed by atoms with E-state index >= 15 is 0 Å². The van der Waals surface area contributed by atoms with E-state index in [4.69, 9.17) is 16.3 Å². The fourth-order valence-electron chi connectivity index (χ4n) is 0.811. The largest absolute Gasteiger partial charge is 0.383 e. The molecule has 0 aromatic carbocycles. The molecule has 0 heterocycles. The molecule has 14 heavy (non-hydrogen) atoms. The zero-order valence-corrected chi connectivity index (χ0v) is 9.30. The second-order valence-electron chi connectivity index (χ2n) is 2.78. The molecule has 0 aliphatic carbocycles. The first kappa shape index (κ1) is 13.4. The monoisotopic (exact) mass is 220 g/mol. The summed E-state index contributed by atoms with van der Waals surface area (Å²) in [7, 11) is 1.60. The van der Waals surface area contributed by atoms with Crippen LogP contribution >= 0.6 is 11.6 Å². The van der Waals surface area contributed by atoms with Crippen molar-refractivity contribution in [2.24, 2.45) is 0 Å². The van der Waals surface area contributed by atoms with Crippen LogP contribution in [0.1, 0.15) is 6.92 Å². The summed E-state index contributed by atoms with van der Waals surface area (Å²) < 4.78 is 4.81. The van der Waals surface area contributed by atoms with Gasteiger partial charge in [-0.15, -0.1) is 0 Å². The quantitative estimate of drug-likeness (QED) is 0.614. The number of ether oxygens (including phenoxy) is 1. The molecule has 0 aliphatic rings. The number of carbonyl (C=O) groups is 1. The molecule has 0 spiro atoms. The molecule has 0 saturated heterocycles. The third-order valence-electron chi connectivity index (χ3n) is 1.63. The average molecular weight is 221 g/mol. The molecule has 0 radical (unpaired) electrons. The highest BCUT2D eigenvalue weighted by atomic mass is 35.5. The summed E-state index contributed by atoms with van der Waals surface area (Å²) in [4.78, 5) is 11.3. The van der Waals surface area contributed by atoms with E-state index in [1.165, 1.54) is 5.54 Å². The molecule has 0 fully saturated rings. The number of nitrogens with one attached hydrogen (secondary N) is 2. The van der Waals surface area contributed by atoms with Crippen molar-refractivity contribution in [3.8, 4) is 0 Å². The first-order valence-electron chi connectivity index (χ1n) is 4.47. The lowest BCUT2D eigenvalue weighted by Crippen LogP contribution is -2.43. The van der Waals surface area contributed by atoms with Crippen LogP contribution in [0.25, 0.3) is 0 Å². The second kappa shape index (κ2) is 8.99. The van der Waals surface area contributed by atoms with Crippen molar-refractivity contribution in [1.82, 2.24) is 10.6 Å². The number of rotatable bonds is 7. The topological polar surface area (TPSA) is 50.4 Å². The van der Waals surface area contributed by atoms with Gasteiger partial charge in [0, 0.05) is 25.7 Å². The van der Waals surface area contributed by atoms with Gasteiger partial charge in [-0.3, -0.25) is 4.79 Å². The van der Waals surface area contributed by atoms with Crippen molar-refractivity contribution in [3.05, 3.63) is 11.6 Å². The SMILES string of the molecule is COCCNC(=O)C(C)NC/C=C/Cl. The zero-order chi connectivity index (χ0) is 10.8. The fourth-order valence-corrected chi connectivity index (χ4v) is 0.901. The summed E-state index contributed by atoms with van der Waals surface area (Å²) in [5.74, 6) is -0.0370. The van der Waals surface area contributed by atoms with Gasteiger partial charge in [-0.1, -0.05) is 17.7 Å². The van der Waals surface area contributed by atoms with Crippen LogP contribution in [0.15, 0.2) is 11.6 Å². The van der Waals surface area contributed by atoms with E-state index in [0.29, 0.717) is 19.7 Å². The summed E-state index contributed by atoms with van der Waals surface area (Å²) in [6, 6.07) is -0.222. The van der Waals surface area contributed by atoms with Crippen LogP contribution in [-0.4, -0.2) is 38.8 Å². The van der Waals surface area contributed by atoms with Gasteiger partial charge < -0.3 is 15.4 Å². The predicted molar refractivity (Wildman–Crippen MR) is 57.3 cm³/mol. The molecule has 1 atom stereocenters. The average Bonchev–Trinajstić information content (AvgIpc) is 2.18. The zero-order valence-electron chi connectivity index (χ0n) is 8.55. The van der Waals surface area contributed by atoms with Crippen LogP contribution in [0, 0.1) is 0 Å². The standard InChI is InChI=1S/C9H17ClN2O2/c1-8(11-5-3-4-10)9(13)12-6-7-14-2/h3-4,8,11H,5-7H2,1-2H3,(H,12,13)/b4-3+. The Balaban J connectivity index is 3.54. The smallest absolute Gasteiger partial charge is 0.236 e. The van der Waals surface area contributed by atoms with Crippen molar-refractivity contribution in [3.63, 3.8) is 0 Å². The molecule has 2 N–H and O–H groups in total. The minimum Gasteiger partial charge on any atom is -0.383 e. The number of halogens is 1. The van der Waals surface area contributed by atoms with Gasteiger partial charge in [-0.25, -0.2) is 0 Å². The Labute approximate surface area is 89.6 Å². The van der Waals surface area contributed by atoms with E-state index in [9.17, 15) is 4.79 Å². The summed E-state index contributed by atoms with van der Waals surface area (Å²) in [5.41, 5.74) is 1.42. The molecule has 0 bridgehead atoms. The molecule has 0 saturated carbocycles. The lowest BCUT2D eigenvalue weighted by molar-refractivity contribution is -0.122. The van der Waals surface area contributed by atoms with Crippen LogP contribution in [0.5, 0.6) is 0 Å². The van der Waals surface area contributed by atoms with Crippen molar-refractivity contribution in [2.45, 2.75) is 13.0 Å². The number of hydrogen-bond acceptors (Lipinski definition) is 3. The van der Waals surface area contributed by atoms with Crippen molar-refractivity contribution in [2.75, 3.05) is 26.8 Å². The Bertz CT molecular complexity index is 186. The predicted octanol–water partition coefficient (Wildman–Crippen LogP) is 0.480. The lowest BCUT2D eigenvalue weighted by Gasteiger charge is -2.12. The van der Waals surface area contributed by atoms with Crippen LogP contribution < -0.4 is 10.6 Å².